The maximum atomic E-state index is 13.2. The number of nitrogens with zero attached hydrogens (tertiary/aromatic N) is 1. The Morgan fingerprint density at radius 3 is 2.19 bits per heavy atom. The number of halogens is 1. The minimum Gasteiger partial charge on any atom is -0.324 e. The van der Waals surface area contributed by atoms with Gasteiger partial charge in [-0.2, -0.15) is 0 Å². The standard InChI is InChI=1S/C22H25FN2O2/c1-13-10-14(2)20(15(3)11-13)24-21(27)22(4,5)25-18(12-19(25)26)16-6-8-17(23)9-7-16/h6-11,18H,12H2,1-5H3,(H,24,27). The number of nitrogens with one attached hydrogen (secondary N) is 1. The summed E-state index contributed by atoms with van der Waals surface area (Å²) < 4.78 is 13.2. The molecule has 1 unspecified atom stereocenters. The van der Waals surface area contributed by atoms with Crippen LogP contribution in [0, 0.1) is 26.6 Å². The van der Waals surface area contributed by atoms with Gasteiger partial charge >= 0.3 is 0 Å². The van der Waals surface area contributed by atoms with Crippen molar-refractivity contribution in [2.24, 2.45) is 0 Å². The number of β-lactam (4-membered cyclic amide) rings is 1. The molecule has 5 heteroatoms. The number of hydrogen-bond donors (Lipinski definition) is 1. The van der Waals surface area contributed by atoms with Crippen LogP contribution in [0.15, 0.2) is 36.4 Å². The average Bonchev–Trinajstić information content (AvgIpc) is 2.56. The molecule has 0 bridgehead atoms. The maximum Gasteiger partial charge on any atom is 0.249 e. The highest BCUT2D eigenvalue weighted by Crippen LogP contribution is 2.41. The quantitative estimate of drug-likeness (QED) is 0.811. The Bertz CT molecular complexity index is 880. The van der Waals surface area contributed by atoms with E-state index in [2.05, 4.69) is 5.32 Å². The van der Waals surface area contributed by atoms with Crippen LogP contribution in [0.25, 0.3) is 0 Å². The first-order valence-electron chi connectivity index (χ1n) is 9.08. The summed E-state index contributed by atoms with van der Waals surface area (Å²) in [5.74, 6) is -0.641. The van der Waals surface area contributed by atoms with E-state index in [0.29, 0.717) is 6.42 Å². The largest absolute Gasteiger partial charge is 0.324 e. The van der Waals surface area contributed by atoms with Crippen LogP contribution < -0.4 is 5.32 Å². The summed E-state index contributed by atoms with van der Waals surface area (Å²) in [6.07, 6.45) is 0.324. The maximum absolute atomic E-state index is 13.2. The molecule has 3 rings (SSSR count). The molecule has 0 aromatic heterocycles. The molecule has 0 spiro atoms. The molecule has 0 aliphatic carbocycles. The minimum absolute atomic E-state index is 0.0816. The van der Waals surface area contributed by atoms with Crippen LogP contribution in [-0.2, 0) is 9.59 Å². The first kappa shape index (κ1) is 19.1. The van der Waals surface area contributed by atoms with Crippen LogP contribution in [0.4, 0.5) is 10.1 Å². The Hall–Kier alpha value is -2.69. The zero-order valence-corrected chi connectivity index (χ0v) is 16.4. The molecule has 1 fully saturated rings. The number of carbonyl (C=O) groups excluding carboxylic acids is 2. The molecule has 2 aromatic carbocycles. The van der Waals surface area contributed by atoms with Gasteiger partial charge < -0.3 is 10.2 Å². The highest BCUT2D eigenvalue weighted by Gasteiger charge is 2.49. The molecule has 2 aromatic rings. The van der Waals surface area contributed by atoms with Crippen molar-refractivity contribution in [3.05, 3.63) is 64.5 Å². The Kier molecular flexibility index (Phi) is 4.81. The van der Waals surface area contributed by atoms with E-state index in [1.54, 1.807) is 30.9 Å². The molecule has 4 nitrogen and oxygen atoms in total. The number of likely N-dealkylation sites (tertiary alicyclic amines) is 1. The Morgan fingerprint density at radius 1 is 1.11 bits per heavy atom. The van der Waals surface area contributed by atoms with Crippen molar-refractivity contribution < 1.29 is 14.0 Å². The fraction of sp³-hybridized carbons (Fsp3) is 0.364. The SMILES string of the molecule is Cc1cc(C)c(NC(=O)C(C)(C)N2C(=O)CC2c2ccc(F)cc2)c(C)c1. The van der Waals surface area contributed by atoms with E-state index < -0.39 is 5.54 Å². The second kappa shape index (κ2) is 6.80. The molecule has 1 N–H and O–H groups in total. The van der Waals surface area contributed by atoms with Gasteiger partial charge in [-0.25, -0.2) is 4.39 Å². The predicted octanol–water partition coefficient (Wildman–Crippen LogP) is 4.44. The molecule has 1 aliphatic heterocycles. The first-order chi connectivity index (χ1) is 12.6. The number of benzene rings is 2. The molecular formula is C22H25FN2O2. The third-order valence-corrected chi connectivity index (χ3v) is 5.28. The van der Waals surface area contributed by atoms with Gasteiger partial charge in [-0.1, -0.05) is 29.8 Å². The fourth-order valence-electron chi connectivity index (χ4n) is 3.82. The van der Waals surface area contributed by atoms with E-state index >= 15 is 0 Å². The normalized spacial score (nSPS) is 16.9. The van der Waals surface area contributed by atoms with Gasteiger partial charge in [0.15, 0.2) is 0 Å². The minimum atomic E-state index is -1.03. The van der Waals surface area contributed by atoms with E-state index in [1.165, 1.54) is 12.1 Å². The second-order valence-corrected chi connectivity index (χ2v) is 7.82. The summed E-state index contributed by atoms with van der Waals surface area (Å²) in [4.78, 5) is 27.0. The lowest BCUT2D eigenvalue weighted by Crippen LogP contribution is -2.62. The summed E-state index contributed by atoms with van der Waals surface area (Å²) in [6, 6.07) is 9.91. The highest BCUT2D eigenvalue weighted by molar-refractivity contribution is 6.02. The average molecular weight is 368 g/mol. The van der Waals surface area contributed by atoms with Crippen LogP contribution in [-0.4, -0.2) is 22.3 Å². The number of hydrogen-bond acceptors (Lipinski definition) is 2. The van der Waals surface area contributed by atoms with Crippen molar-refractivity contribution in [1.82, 2.24) is 4.90 Å². The zero-order chi connectivity index (χ0) is 19.9. The molecule has 0 saturated carbocycles. The summed E-state index contributed by atoms with van der Waals surface area (Å²) in [7, 11) is 0. The van der Waals surface area contributed by atoms with Gasteiger partial charge in [0.1, 0.15) is 11.4 Å². The Morgan fingerprint density at radius 2 is 1.67 bits per heavy atom. The topological polar surface area (TPSA) is 49.4 Å². The number of amides is 2. The van der Waals surface area contributed by atoms with Gasteiger partial charge in [-0.05, 0) is 63.4 Å². The second-order valence-electron chi connectivity index (χ2n) is 7.82. The lowest BCUT2D eigenvalue weighted by atomic mass is 9.86. The molecule has 1 aliphatic rings. The van der Waals surface area contributed by atoms with Crippen LogP contribution in [0.3, 0.4) is 0 Å². The Labute approximate surface area is 159 Å². The van der Waals surface area contributed by atoms with Crippen molar-refractivity contribution in [1.29, 1.82) is 0 Å². The highest BCUT2D eigenvalue weighted by atomic mass is 19.1. The summed E-state index contributed by atoms with van der Waals surface area (Å²) >= 11 is 0. The molecule has 27 heavy (non-hydrogen) atoms. The molecule has 142 valence electrons. The van der Waals surface area contributed by atoms with Gasteiger partial charge in [0, 0.05) is 5.69 Å². The lowest BCUT2D eigenvalue weighted by molar-refractivity contribution is -0.160. The summed E-state index contributed by atoms with van der Waals surface area (Å²) in [6.45, 7) is 9.42. The summed E-state index contributed by atoms with van der Waals surface area (Å²) in [5.41, 5.74) is 3.70. The number of rotatable bonds is 4. The van der Waals surface area contributed by atoms with Gasteiger partial charge in [0.25, 0.3) is 0 Å². The van der Waals surface area contributed by atoms with Crippen LogP contribution in [0.2, 0.25) is 0 Å². The molecule has 1 atom stereocenters. The van der Waals surface area contributed by atoms with Crippen molar-refractivity contribution in [2.45, 2.75) is 52.6 Å². The first-order valence-corrected chi connectivity index (χ1v) is 9.08. The molecule has 2 amide bonds. The van der Waals surface area contributed by atoms with Gasteiger partial charge in [0.05, 0.1) is 12.5 Å². The van der Waals surface area contributed by atoms with E-state index in [1.807, 2.05) is 32.9 Å². The van der Waals surface area contributed by atoms with E-state index in [-0.39, 0.29) is 23.7 Å². The third-order valence-electron chi connectivity index (χ3n) is 5.28. The number of aryl methyl sites for hydroxylation is 3. The van der Waals surface area contributed by atoms with E-state index in [0.717, 1.165) is 27.9 Å². The van der Waals surface area contributed by atoms with E-state index in [4.69, 9.17) is 0 Å². The molecule has 1 heterocycles. The predicted molar refractivity (Wildman–Crippen MR) is 104 cm³/mol. The lowest BCUT2D eigenvalue weighted by Gasteiger charge is -2.49. The van der Waals surface area contributed by atoms with Gasteiger partial charge in [0.2, 0.25) is 11.8 Å². The van der Waals surface area contributed by atoms with E-state index in [9.17, 15) is 14.0 Å². The van der Waals surface area contributed by atoms with Crippen molar-refractivity contribution in [3.8, 4) is 0 Å². The smallest absolute Gasteiger partial charge is 0.249 e. The van der Waals surface area contributed by atoms with Crippen LogP contribution in [0.1, 0.15) is 48.6 Å². The molecule has 1 saturated heterocycles. The van der Waals surface area contributed by atoms with Gasteiger partial charge in [-0.3, -0.25) is 9.59 Å². The third kappa shape index (κ3) is 3.46. The van der Waals surface area contributed by atoms with Gasteiger partial charge in [-0.15, -0.1) is 0 Å². The van der Waals surface area contributed by atoms with Crippen molar-refractivity contribution >= 4 is 17.5 Å². The van der Waals surface area contributed by atoms with Crippen molar-refractivity contribution in [2.75, 3.05) is 5.32 Å². The summed E-state index contributed by atoms with van der Waals surface area (Å²) in [5, 5.41) is 3.00. The number of anilines is 1. The van der Waals surface area contributed by atoms with Crippen LogP contribution >= 0.6 is 0 Å². The van der Waals surface area contributed by atoms with Crippen molar-refractivity contribution in [3.63, 3.8) is 0 Å². The fourth-order valence-corrected chi connectivity index (χ4v) is 3.82. The zero-order valence-electron chi connectivity index (χ0n) is 16.4. The monoisotopic (exact) mass is 368 g/mol. The molecular weight excluding hydrogens is 343 g/mol. The Balaban J connectivity index is 1.85. The number of carbonyl (C=O) groups is 2. The molecule has 0 radical (unpaired) electrons. The van der Waals surface area contributed by atoms with Crippen LogP contribution in [0.5, 0.6) is 0 Å².